The van der Waals surface area contributed by atoms with Gasteiger partial charge in [-0.15, -0.1) is 0 Å². The lowest BCUT2D eigenvalue weighted by Crippen LogP contribution is -2.47. The van der Waals surface area contributed by atoms with Crippen LogP contribution in [0, 0.1) is 12.7 Å². The molecule has 0 aliphatic carbocycles. The van der Waals surface area contributed by atoms with Crippen molar-refractivity contribution in [3.05, 3.63) is 153 Å². The molecule has 7 nitrogen and oxygen atoms in total. The molecule has 6 rings (SSSR count). The summed E-state index contributed by atoms with van der Waals surface area (Å²) in [5.41, 5.74) is 5.79. The molecule has 0 spiro atoms. The van der Waals surface area contributed by atoms with E-state index in [1.165, 1.54) is 23.3 Å². The number of rotatable bonds is 13. The minimum Gasteiger partial charge on any atom is -0.493 e. The SMILES string of the molecule is CC(=CC(=O)N1CCN(Cc2ccc(CCOc3ccc(F)cc3)cc2)CC1)c1cc(C)c(Oc2ccc(OCc3ccccc3Cl)cn2)c(Cl)c1. The summed E-state index contributed by atoms with van der Waals surface area (Å²) in [6.45, 7) is 8.42. The van der Waals surface area contributed by atoms with Crippen molar-refractivity contribution in [3.8, 4) is 23.1 Å². The number of hydrogen-bond donors (Lipinski definition) is 0. The average molecular weight is 741 g/mol. The van der Waals surface area contributed by atoms with E-state index in [1.54, 1.807) is 36.5 Å². The Bertz CT molecular complexity index is 1970. The topological polar surface area (TPSA) is 64.1 Å². The highest BCUT2D eigenvalue weighted by atomic mass is 35.5. The summed E-state index contributed by atoms with van der Waals surface area (Å²) in [5.74, 6) is 1.85. The molecule has 1 fully saturated rings. The minimum absolute atomic E-state index is 0.0143. The van der Waals surface area contributed by atoms with Crippen LogP contribution in [0.15, 0.2) is 109 Å². The maximum absolute atomic E-state index is 13.2. The summed E-state index contributed by atoms with van der Waals surface area (Å²) in [5, 5.41) is 1.08. The van der Waals surface area contributed by atoms with Gasteiger partial charge in [0.15, 0.2) is 5.75 Å². The second-order valence-corrected chi connectivity index (χ2v) is 13.5. The van der Waals surface area contributed by atoms with Gasteiger partial charge >= 0.3 is 0 Å². The molecule has 1 aromatic heterocycles. The van der Waals surface area contributed by atoms with Gasteiger partial charge in [0.05, 0.1) is 17.8 Å². The van der Waals surface area contributed by atoms with E-state index in [0.717, 1.165) is 48.3 Å². The maximum Gasteiger partial charge on any atom is 0.246 e. The zero-order chi connectivity index (χ0) is 36.5. The number of allylic oxidation sites excluding steroid dienone is 1. The molecule has 268 valence electrons. The number of pyridine rings is 1. The van der Waals surface area contributed by atoms with Gasteiger partial charge in [-0.3, -0.25) is 9.69 Å². The number of nitrogens with zero attached hydrogens (tertiary/aromatic N) is 3. The van der Waals surface area contributed by atoms with Crippen molar-refractivity contribution in [2.45, 2.75) is 33.4 Å². The number of amides is 1. The normalized spacial score (nSPS) is 13.6. The predicted octanol–water partition coefficient (Wildman–Crippen LogP) is 9.58. The summed E-state index contributed by atoms with van der Waals surface area (Å²) in [4.78, 5) is 21.9. The van der Waals surface area contributed by atoms with Gasteiger partial charge in [0.25, 0.3) is 0 Å². The fourth-order valence-electron chi connectivity index (χ4n) is 5.85. The number of hydrogen-bond acceptors (Lipinski definition) is 6. The first-order valence-corrected chi connectivity index (χ1v) is 17.9. The third-order valence-electron chi connectivity index (χ3n) is 8.88. The molecule has 0 unspecified atom stereocenters. The number of benzene rings is 4. The lowest BCUT2D eigenvalue weighted by molar-refractivity contribution is -0.127. The standard InChI is InChI=1S/C42H40Cl2FN3O4/c1-29(34-23-30(2)42(39(44)25-34)52-40-16-15-37(26-46-40)51-28-33-5-3-4-6-38(33)43)24-41(49)48-20-18-47(19-21-48)27-32-9-7-31(8-10-32)17-22-50-36-13-11-35(45)12-14-36/h3-16,23-26H,17-22,27-28H2,1-2H3. The maximum atomic E-state index is 13.2. The van der Waals surface area contributed by atoms with E-state index in [-0.39, 0.29) is 11.7 Å². The molecule has 1 aliphatic rings. The molecule has 0 bridgehead atoms. The fraction of sp³-hybridized carbons (Fsp3) is 0.238. The van der Waals surface area contributed by atoms with E-state index < -0.39 is 0 Å². The Balaban J connectivity index is 0.958. The van der Waals surface area contributed by atoms with Crippen LogP contribution in [0.25, 0.3) is 5.57 Å². The third-order valence-corrected chi connectivity index (χ3v) is 9.53. The van der Waals surface area contributed by atoms with Crippen molar-refractivity contribution in [1.82, 2.24) is 14.8 Å². The molecule has 1 saturated heterocycles. The monoisotopic (exact) mass is 739 g/mol. The van der Waals surface area contributed by atoms with Crippen LogP contribution in [-0.2, 0) is 24.4 Å². The number of carbonyl (C=O) groups excluding carboxylic acids is 1. The van der Waals surface area contributed by atoms with Crippen LogP contribution in [-0.4, -0.2) is 53.5 Å². The number of aryl methyl sites for hydroxylation is 1. The molecule has 2 heterocycles. The molecule has 10 heteroatoms. The number of piperazine rings is 1. The van der Waals surface area contributed by atoms with Gasteiger partial charge in [-0.1, -0.05) is 65.7 Å². The third kappa shape index (κ3) is 10.1. The molecular formula is C42H40Cl2FN3O4. The van der Waals surface area contributed by atoms with Crippen LogP contribution >= 0.6 is 23.2 Å². The number of ether oxygens (including phenoxy) is 3. The average Bonchev–Trinajstić information content (AvgIpc) is 3.15. The smallest absolute Gasteiger partial charge is 0.246 e. The first-order chi connectivity index (χ1) is 25.2. The van der Waals surface area contributed by atoms with Crippen molar-refractivity contribution < 1.29 is 23.4 Å². The number of carbonyl (C=O) groups is 1. The zero-order valence-corrected chi connectivity index (χ0v) is 30.7. The van der Waals surface area contributed by atoms with Gasteiger partial charge in [-0.25, -0.2) is 9.37 Å². The Hall–Kier alpha value is -4.89. The molecule has 52 heavy (non-hydrogen) atoms. The molecular weight excluding hydrogens is 700 g/mol. The van der Waals surface area contributed by atoms with Crippen LogP contribution in [0.1, 0.15) is 34.7 Å². The Morgan fingerprint density at radius 2 is 1.56 bits per heavy atom. The van der Waals surface area contributed by atoms with Crippen LogP contribution in [0.4, 0.5) is 4.39 Å². The quantitative estimate of drug-likeness (QED) is 0.112. The molecule has 1 aliphatic heterocycles. The van der Waals surface area contributed by atoms with E-state index in [1.807, 2.05) is 55.1 Å². The largest absolute Gasteiger partial charge is 0.493 e. The molecule has 0 N–H and O–H groups in total. The first kappa shape index (κ1) is 36.9. The molecule has 0 radical (unpaired) electrons. The molecule has 0 saturated carbocycles. The highest BCUT2D eigenvalue weighted by Gasteiger charge is 2.21. The van der Waals surface area contributed by atoms with Gasteiger partial charge in [0.2, 0.25) is 11.8 Å². The molecule has 0 atom stereocenters. The van der Waals surface area contributed by atoms with Crippen molar-refractivity contribution >= 4 is 34.7 Å². The Kier molecular flexibility index (Phi) is 12.5. The minimum atomic E-state index is -0.274. The number of halogens is 3. The number of aromatic nitrogens is 1. The van der Waals surface area contributed by atoms with E-state index >= 15 is 0 Å². The molecule has 1 amide bonds. The van der Waals surface area contributed by atoms with Gasteiger partial charge < -0.3 is 19.1 Å². The van der Waals surface area contributed by atoms with Gasteiger partial charge in [-0.05, 0) is 90.2 Å². The summed E-state index contributed by atoms with van der Waals surface area (Å²) >= 11 is 12.9. The highest BCUT2D eigenvalue weighted by Crippen LogP contribution is 2.35. The van der Waals surface area contributed by atoms with Crippen LogP contribution in [0.2, 0.25) is 10.0 Å². The molecule has 5 aromatic rings. The summed E-state index contributed by atoms with van der Waals surface area (Å²) in [6.07, 6.45) is 4.05. The second kappa shape index (κ2) is 17.6. The van der Waals surface area contributed by atoms with Crippen LogP contribution in [0.5, 0.6) is 23.1 Å². The van der Waals surface area contributed by atoms with Crippen molar-refractivity contribution in [2.24, 2.45) is 0 Å². The lowest BCUT2D eigenvalue weighted by Gasteiger charge is -2.34. The Labute approximate surface area is 314 Å². The Morgan fingerprint density at radius 1 is 0.846 bits per heavy atom. The van der Waals surface area contributed by atoms with E-state index in [9.17, 15) is 9.18 Å². The van der Waals surface area contributed by atoms with Gasteiger partial charge in [0, 0.05) is 61.9 Å². The second-order valence-electron chi connectivity index (χ2n) is 12.7. The van der Waals surface area contributed by atoms with Crippen LogP contribution in [0.3, 0.4) is 0 Å². The van der Waals surface area contributed by atoms with E-state index in [2.05, 4.69) is 34.1 Å². The summed E-state index contributed by atoms with van der Waals surface area (Å²) in [6, 6.07) is 29.4. The van der Waals surface area contributed by atoms with Gasteiger partial charge in [-0.2, -0.15) is 0 Å². The molecule has 4 aromatic carbocycles. The van der Waals surface area contributed by atoms with Crippen molar-refractivity contribution in [1.29, 1.82) is 0 Å². The van der Waals surface area contributed by atoms with Crippen molar-refractivity contribution in [3.63, 3.8) is 0 Å². The van der Waals surface area contributed by atoms with E-state index in [4.69, 9.17) is 37.4 Å². The van der Waals surface area contributed by atoms with Crippen molar-refractivity contribution in [2.75, 3.05) is 32.8 Å². The lowest BCUT2D eigenvalue weighted by atomic mass is 10.0. The van der Waals surface area contributed by atoms with Gasteiger partial charge in [0.1, 0.15) is 23.9 Å². The van der Waals surface area contributed by atoms with E-state index in [0.29, 0.717) is 59.5 Å². The fourth-order valence-corrected chi connectivity index (χ4v) is 6.35. The highest BCUT2D eigenvalue weighted by molar-refractivity contribution is 6.32. The summed E-state index contributed by atoms with van der Waals surface area (Å²) < 4.78 is 30.7. The zero-order valence-electron chi connectivity index (χ0n) is 29.2. The first-order valence-electron chi connectivity index (χ1n) is 17.2. The summed E-state index contributed by atoms with van der Waals surface area (Å²) in [7, 11) is 0. The predicted molar refractivity (Wildman–Crippen MR) is 204 cm³/mol. The Morgan fingerprint density at radius 3 is 2.25 bits per heavy atom. The van der Waals surface area contributed by atoms with Crippen LogP contribution < -0.4 is 14.2 Å².